The highest BCUT2D eigenvalue weighted by atomic mass is 79.9. The van der Waals surface area contributed by atoms with Gasteiger partial charge in [-0.3, -0.25) is 0 Å². The number of allylic oxidation sites excluding steroid dienone is 1. The third-order valence-corrected chi connectivity index (χ3v) is 3.18. The summed E-state index contributed by atoms with van der Waals surface area (Å²) in [7, 11) is 1.67. The van der Waals surface area contributed by atoms with Gasteiger partial charge in [-0.15, -0.1) is 0 Å². The van der Waals surface area contributed by atoms with Crippen LogP contribution in [0.1, 0.15) is 24.5 Å². The summed E-state index contributed by atoms with van der Waals surface area (Å²) in [5.41, 5.74) is 3.18. The Labute approximate surface area is 116 Å². The average Bonchev–Trinajstić information content (AvgIpc) is 2.66. The van der Waals surface area contributed by atoms with E-state index in [4.69, 9.17) is 4.74 Å². The second-order valence-corrected chi connectivity index (χ2v) is 5.86. The van der Waals surface area contributed by atoms with Gasteiger partial charge in [-0.25, -0.2) is 4.98 Å². The number of halogens is 1. The standard InChI is InChI=1S/C14H17BrN2O/c1-9(2)8-17-13-6-5-11(18-4)7-12(13)16-14(17)10(3)15/h5-7,10H,1,8H2,2-4H3. The Morgan fingerprint density at radius 1 is 1.56 bits per heavy atom. The van der Waals surface area contributed by atoms with E-state index in [0.717, 1.165) is 34.7 Å². The molecule has 0 aliphatic rings. The van der Waals surface area contributed by atoms with Crippen molar-refractivity contribution in [3.8, 4) is 5.75 Å². The Kier molecular flexibility index (Phi) is 3.76. The average molecular weight is 309 g/mol. The van der Waals surface area contributed by atoms with Crippen LogP contribution < -0.4 is 4.74 Å². The van der Waals surface area contributed by atoms with Crippen LogP contribution in [0.4, 0.5) is 0 Å². The number of aromatic nitrogens is 2. The molecule has 0 spiro atoms. The number of imidazole rings is 1. The van der Waals surface area contributed by atoms with Crippen molar-refractivity contribution >= 4 is 27.0 Å². The first kappa shape index (κ1) is 13.1. The minimum Gasteiger partial charge on any atom is -0.497 e. The number of methoxy groups -OCH3 is 1. The molecule has 0 bridgehead atoms. The molecule has 0 aliphatic heterocycles. The van der Waals surface area contributed by atoms with Crippen molar-refractivity contribution in [2.45, 2.75) is 25.2 Å². The first-order valence-electron chi connectivity index (χ1n) is 5.85. The molecule has 0 saturated heterocycles. The Morgan fingerprint density at radius 2 is 2.28 bits per heavy atom. The molecule has 0 aliphatic carbocycles. The predicted octanol–water partition coefficient (Wildman–Crippen LogP) is 4.08. The third-order valence-electron chi connectivity index (χ3n) is 2.77. The second kappa shape index (κ2) is 5.14. The third kappa shape index (κ3) is 2.43. The lowest BCUT2D eigenvalue weighted by Gasteiger charge is -2.10. The van der Waals surface area contributed by atoms with Gasteiger partial charge in [0.2, 0.25) is 0 Å². The van der Waals surface area contributed by atoms with Gasteiger partial charge < -0.3 is 9.30 Å². The topological polar surface area (TPSA) is 27.1 Å². The maximum Gasteiger partial charge on any atom is 0.123 e. The zero-order valence-electron chi connectivity index (χ0n) is 10.9. The molecule has 1 aromatic carbocycles. The van der Waals surface area contributed by atoms with Gasteiger partial charge in [0.15, 0.2) is 0 Å². The Bertz CT molecular complexity index is 587. The second-order valence-electron chi connectivity index (χ2n) is 4.48. The largest absolute Gasteiger partial charge is 0.497 e. The van der Waals surface area contributed by atoms with Crippen molar-refractivity contribution < 1.29 is 4.74 Å². The van der Waals surface area contributed by atoms with Gasteiger partial charge in [0.1, 0.15) is 11.6 Å². The molecule has 0 radical (unpaired) electrons. The van der Waals surface area contributed by atoms with Crippen LogP contribution in [0, 0.1) is 0 Å². The van der Waals surface area contributed by atoms with E-state index in [1.54, 1.807) is 7.11 Å². The normalized spacial score (nSPS) is 12.7. The molecule has 18 heavy (non-hydrogen) atoms. The highest BCUT2D eigenvalue weighted by molar-refractivity contribution is 9.09. The van der Waals surface area contributed by atoms with Gasteiger partial charge in [-0.2, -0.15) is 0 Å². The van der Waals surface area contributed by atoms with E-state index in [0.29, 0.717) is 0 Å². The van der Waals surface area contributed by atoms with Crippen LogP contribution in [-0.4, -0.2) is 16.7 Å². The zero-order valence-corrected chi connectivity index (χ0v) is 12.5. The molecule has 3 nitrogen and oxygen atoms in total. The van der Waals surface area contributed by atoms with Crippen LogP contribution >= 0.6 is 15.9 Å². The van der Waals surface area contributed by atoms with Crippen LogP contribution in [0.15, 0.2) is 30.4 Å². The molecule has 2 aromatic rings. The minimum atomic E-state index is 0.204. The van der Waals surface area contributed by atoms with Crippen LogP contribution in [0.3, 0.4) is 0 Å². The van der Waals surface area contributed by atoms with Crippen LogP contribution in [0.2, 0.25) is 0 Å². The summed E-state index contributed by atoms with van der Waals surface area (Å²) in [6, 6.07) is 5.97. The van der Waals surface area contributed by atoms with E-state index in [9.17, 15) is 0 Å². The Balaban J connectivity index is 2.63. The predicted molar refractivity (Wildman–Crippen MR) is 78.4 cm³/mol. The summed E-state index contributed by atoms with van der Waals surface area (Å²) in [5.74, 6) is 1.84. The van der Waals surface area contributed by atoms with Gasteiger partial charge >= 0.3 is 0 Å². The molecule has 1 aromatic heterocycles. The van der Waals surface area contributed by atoms with E-state index in [-0.39, 0.29) is 4.83 Å². The van der Waals surface area contributed by atoms with Gasteiger partial charge in [-0.1, -0.05) is 28.1 Å². The van der Waals surface area contributed by atoms with Gasteiger partial charge in [0, 0.05) is 12.6 Å². The monoisotopic (exact) mass is 308 g/mol. The molecule has 0 N–H and O–H groups in total. The number of hydrogen-bond donors (Lipinski definition) is 0. The lowest BCUT2D eigenvalue weighted by Crippen LogP contribution is -2.04. The Morgan fingerprint density at radius 3 is 2.83 bits per heavy atom. The molecule has 0 saturated carbocycles. The van der Waals surface area contributed by atoms with Crippen molar-refractivity contribution in [2.24, 2.45) is 0 Å². The van der Waals surface area contributed by atoms with Crippen LogP contribution in [0.25, 0.3) is 11.0 Å². The van der Waals surface area contributed by atoms with Gasteiger partial charge in [-0.05, 0) is 26.0 Å². The lowest BCUT2D eigenvalue weighted by molar-refractivity contribution is 0.415. The van der Waals surface area contributed by atoms with E-state index >= 15 is 0 Å². The fourth-order valence-corrected chi connectivity index (χ4v) is 2.34. The van der Waals surface area contributed by atoms with Crippen molar-refractivity contribution in [1.29, 1.82) is 0 Å². The molecular weight excluding hydrogens is 292 g/mol. The van der Waals surface area contributed by atoms with Gasteiger partial charge in [0.25, 0.3) is 0 Å². The summed E-state index contributed by atoms with van der Waals surface area (Å²) in [6.45, 7) is 8.87. The number of hydrogen-bond acceptors (Lipinski definition) is 2. The fraction of sp³-hybridized carbons (Fsp3) is 0.357. The highest BCUT2D eigenvalue weighted by Gasteiger charge is 2.14. The SMILES string of the molecule is C=C(C)Cn1c(C(C)Br)nc2cc(OC)ccc21. The summed E-state index contributed by atoms with van der Waals surface area (Å²) >= 11 is 3.59. The van der Waals surface area contributed by atoms with Crippen molar-refractivity contribution in [3.05, 3.63) is 36.2 Å². The first-order chi connectivity index (χ1) is 8.52. The molecule has 1 atom stereocenters. The minimum absolute atomic E-state index is 0.204. The maximum absolute atomic E-state index is 5.23. The first-order valence-corrected chi connectivity index (χ1v) is 6.77. The van der Waals surface area contributed by atoms with E-state index < -0.39 is 0 Å². The van der Waals surface area contributed by atoms with E-state index in [1.807, 2.05) is 25.1 Å². The lowest BCUT2D eigenvalue weighted by atomic mass is 10.3. The summed E-state index contributed by atoms with van der Waals surface area (Å²) in [5, 5.41) is 0. The number of fused-ring (bicyclic) bond motifs is 1. The number of rotatable bonds is 4. The number of benzene rings is 1. The molecule has 0 amide bonds. The molecule has 4 heteroatoms. The van der Waals surface area contributed by atoms with Crippen molar-refractivity contribution in [2.75, 3.05) is 7.11 Å². The summed E-state index contributed by atoms with van der Waals surface area (Å²) in [6.07, 6.45) is 0. The number of alkyl halides is 1. The van der Waals surface area contributed by atoms with E-state index in [2.05, 4.69) is 39.0 Å². The van der Waals surface area contributed by atoms with Gasteiger partial charge in [0.05, 0.1) is 23.0 Å². The zero-order chi connectivity index (χ0) is 13.3. The molecule has 1 heterocycles. The Hall–Kier alpha value is -1.29. The quantitative estimate of drug-likeness (QED) is 0.628. The molecular formula is C14H17BrN2O. The summed E-state index contributed by atoms with van der Waals surface area (Å²) in [4.78, 5) is 4.87. The molecule has 0 fully saturated rings. The van der Waals surface area contributed by atoms with Crippen LogP contribution in [-0.2, 0) is 6.54 Å². The highest BCUT2D eigenvalue weighted by Crippen LogP contribution is 2.28. The maximum atomic E-state index is 5.23. The number of ether oxygens (including phenoxy) is 1. The van der Waals surface area contributed by atoms with Crippen molar-refractivity contribution in [3.63, 3.8) is 0 Å². The fourth-order valence-electron chi connectivity index (χ4n) is 1.99. The molecule has 2 rings (SSSR count). The van der Waals surface area contributed by atoms with Crippen LogP contribution in [0.5, 0.6) is 5.75 Å². The van der Waals surface area contributed by atoms with Crippen molar-refractivity contribution in [1.82, 2.24) is 9.55 Å². The number of nitrogens with zero attached hydrogens (tertiary/aromatic N) is 2. The molecule has 96 valence electrons. The molecule has 1 unspecified atom stereocenters. The van der Waals surface area contributed by atoms with E-state index in [1.165, 1.54) is 0 Å². The smallest absolute Gasteiger partial charge is 0.123 e. The summed E-state index contributed by atoms with van der Waals surface area (Å²) < 4.78 is 7.43.